The molecule has 3 rings (SSSR count). The third-order valence-electron chi connectivity index (χ3n) is 3.79. The van der Waals surface area contributed by atoms with Crippen LogP contribution in [0.1, 0.15) is 5.56 Å². The van der Waals surface area contributed by atoms with Crippen LogP contribution < -0.4 is 15.4 Å². The van der Waals surface area contributed by atoms with Crippen molar-refractivity contribution in [2.24, 2.45) is 0 Å². The lowest BCUT2D eigenvalue weighted by Gasteiger charge is -2.11. The number of likely N-dealkylation sites (N-methyl/N-ethyl adjacent to an activating group) is 1. The molecule has 0 unspecified atom stereocenters. The number of benzene rings is 2. The van der Waals surface area contributed by atoms with Crippen molar-refractivity contribution >= 4 is 21.4 Å². The molecule has 0 saturated heterocycles. The number of carbonyl (C=O) groups excluding carboxylic acids is 1. The van der Waals surface area contributed by atoms with E-state index in [1.807, 2.05) is 30.3 Å². The van der Waals surface area contributed by atoms with E-state index >= 15 is 0 Å². The number of ether oxygens (including phenoxy) is 1. The van der Waals surface area contributed by atoms with E-state index in [2.05, 4.69) is 10.6 Å². The number of para-hydroxylation sites is 1. The number of amides is 1. The standard InChI is InChI=1S/C18H18N2O4S/c1-19-18(21)17-16(14-9-5-6-10-15(14)25(17,22)23)20-11-12-24-13-7-3-2-4-8-13/h2-10,20H,11-12H2,1H3,(H,19,21). The predicted molar refractivity (Wildman–Crippen MR) is 94.6 cm³/mol. The van der Waals surface area contributed by atoms with E-state index in [0.29, 0.717) is 24.4 Å². The SMILES string of the molecule is CNC(=O)C1=C(NCCOc2ccccc2)c2ccccc2S1(=O)=O. The Morgan fingerprint density at radius 2 is 1.72 bits per heavy atom. The molecule has 2 N–H and O–H groups in total. The molecule has 25 heavy (non-hydrogen) atoms. The van der Waals surface area contributed by atoms with Gasteiger partial charge in [-0.1, -0.05) is 36.4 Å². The minimum absolute atomic E-state index is 0.139. The van der Waals surface area contributed by atoms with Gasteiger partial charge in [-0.15, -0.1) is 0 Å². The summed E-state index contributed by atoms with van der Waals surface area (Å²) in [4.78, 5) is 12.0. The highest BCUT2D eigenvalue weighted by Gasteiger charge is 2.39. The molecule has 1 heterocycles. The molecule has 1 aliphatic heterocycles. The number of carbonyl (C=O) groups is 1. The largest absolute Gasteiger partial charge is 0.492 e. The summed E-state index contributed by atoms with van der Waals surface area (Å²) in [5.74, 6) is 0.0897. The predicted octanol–water partition coefficient (Wildman–Crippen LogP) is 1.56. The number of rotatable bonds is 6. The number of hydrogen-bond acceptors (Lipinski definition) is 5. The molecular formula is C18H18N2O4S. The lowest BCUT2D eigenvalue weighted by Crippen LogP contribution is -2.27. The van der Waals surface area contributed by atoms with E-state index in [9.17, 15) is 13.2 Å². The smallest absolute Gasteiger partial charge is 0.265 e. The highest BCUT2D eigenvalue weighted by atomic mass is 32.2. The highest BCUT2D eigenvalue weighted by molar-refractivity contribution is 7.97. The molecule has 130 valence electrons. The number of nitrogens with one attached hydrogen (secondary N) is 2. The molecular weight excluding hydrogens is 340 g/mol. The summed E-state index contributed by atoms with van der Waals surface area (Å²) in [6.45, 7) is 0.686. The summed E-state index contributed by atoms with van der Waals surface area (Å²) < 4.78 is 30.9. The number of fused-ring (bicyclic) bond motifs is 1. The van der Waals surface area contributed by atoms with Crippen LogP contribution in [-0.2, 0) is 14.6 Å². The van der Waals surface area contributed by atoms with E-state index in [0.717, 1.165) is 5.75 Å². The van der Waals surface area contributed by atoms with Gasteiger partial charge in [0.25, 0.3) is 5.91 Å². The van der Waals surface area contributed by atoms with Crippen LogP contribution in [0.15, 0.2) is 64.4 Å². The Kier molecular flexibility index (Phi) is 4.76. The van der Waals surface area contributed by atoms with Crippen LogP contribution in [0.4, 0.5) is 0 Å². The van der Waals surface area contributed by atoms with E-state index < -0.39 is 15.7 Å². The van der Waals surface area contributed by atoms with E-state index in [1.54, 1.807) is 18.2 Å². The second kappa shape index (κ2) is 6.98. The first-order chi connectivity index (χ1) is 12.1. The van der Waals surface area contributed by atoms with E-state index in [4.69, 9.17) is 4.74 Å². The van der Waals surface area contributed by atoms with Crippen molar-refractivity contribution in [3.8, 4) is 5.75 Å². The summed E-state index contributed by atoms with van der Waals surface area (Å²) in [5.41, 5.74) is 0.812. The van der Waals surface area contributed by atoms with Crippen molar-refractivity contribution in [2.45, 2.75) is 4.90 Å². The molecule has 6 nitrogen and oxygen atoms in total. The zero-order valence-corrected chi connectivity index (χ0v) is 14.5. The minimum atomic E-state index is -3.83. The minimum Gasteiger partial charge on any atom is -0.492 e. The molecule has 0 saturated carbocycles. The summed E-state index contributed by atoms with van der Waals surface area (Å²) in [7, 11) is -2.43. The second-order valence-corrected chi connectivity index (χ2v) is 7.23. The fourth-order valence-electron chi connectivity index (χ4n) is 2.66. The summed E-state index contributed by atoms with van der Waals surface area (Å²) in [6, 6.07) is 15.9. The Morgan fingerprint density at radius 1 is 1.04 bits per heavy atom. The number of hydrogen-bond donors (Lipinski definition) is 2. The van der Waals surface area contributed by atoms with Crippen LogP contribution in [-0.4, -0.2) is 34.5 Å². The Morgan fingerprint density at radius 3 is 2.44 bits per heavy atom. The van der Waals surface area contributed by atoms with Gasteiger partial charge < -0.3 is 15.4 Å². The van der Waals surface area contributed by atoms with Gasteiger partial charge in [0, 0.05) is 19.2 Å². The van der Waals surface area contributed by atoms with Crippen molar-refractivity contribution < 1.29 is 17.9 Å². The van der Waals surface area contributed by atoms with Crippen LogP contribution in [0, 0.1) is 0 Å². The lowest BCUT2D eigenvalue weighted by molar-refractivity contribution is -0.116. The summed E-state index contributed by atoms with van der Waals surface area (Å²) in [5, 5.41) is 5.44. The van der Waals surface area contributed by atoms with Crippen LogP contribution in [0.2, 0.25) is 0 Å². The maximum atomic E-state index is 12.7. The normalized spacial score (nSPS) is 14.8. The van der Waals surface area contributed by atoms with Crippen LogP contribution in [0.3, 0.4) is 0 Å². The molecule has 0 aromatic heterocycles. The van der Waals surface area contributed by atoms with Gasteiger partial charge in [0.15, 0.2) is 4.91 Å². The Bertz CT molecular complexity index is 921. The van der Waals surface area contributed by atoms with Gasteiger partial charge in [0.2, 0.25) is 9.84 Å². The highest BCUT2D eigenvalue weighted by Crippen LogP contribution is 2.37. The second-order valence-electron chi connectivity index (χ2n) is 5.37. The average molecular weight is 358 g/mol. The first-order valence-corrected chi connectivity index (χ1v) is 9.26. The van der Waals surface area contributed by atoms with Gasteiger partial charge in [0.1, 0.15) is 12.4 Å². The fraction of sp³-hybridized carbons (Fsp3) is 0.167. The van der Waals surface area contributed by atoms with E-state index in [-0.39, 0.29) is 9.80 Å². The average Bonchev–Trinajstić information content (AvgIpc) is 2.86. The molecule has 0 bridgehead atoms. The van der Waals surface area contributed by atoms with Crippen LogP contribution in [0.5, 0.6) is 5.75 Å². The van der Waals surface area contributed by atoms with Crippen molar-refractivity contribution in [3.05, 3.63) is 65.1 Å². The van der Waals surface area contributed by atoms with Crippen LogP contribution in [0.25, 0.3) is 5.70 Å². The van der Waals surface area contributed by atoms with Crippen molar-refractivity contribution in [1.82, 2.24) is 10.6 Å². The third-order valence-corrected chi connectivity index (χ3v) is 5.65. The molecule has 7 heteroatoms. The Labute approximate surface area is 146 Å². The Hall–Kier alpha value is -2.80. The molecule has 0 atom stereocenters. The van der Waals surface area contributed by atoms with Gasteiger partial charge in [-0.3, -0.25) is 4.79 Å². The molecule has 2 aromatic carbocycles. The molecule has 1 amide bonds. The molecule has 2 aromatic rings. The zero-order chi connectivity index (χ0) is 17.9. The lowest BCUT2D eigenvalue weighted by atomic mass is 10.1. The monoisotopic (exact) mass is 358 g/mol. The van der Waals surface area contributed by atoms with Crippen LogP contribution >= 0.6 is 0 Å². The van der Waals surface area contributed by atoms with Crippen molar-refractivity contribution in [3.63, 3.8) is 0 Å². The van der Waals surface area contributed by atoms with Gasteiger partial charge in [-0.25, -0.2) is 8.42 Å². The van der Waals surface area contributed by atoms with Crippen molar-refractivity contribution in [2.75, 3.05) is 20.2 Å². The van der Waals surface area contributed by atoms with Crippen molar-refractivity contribution in [1.29, 1.82) is 0 Å². The first-order valence-electron chi connectivity index (χ1n) is 7.78. The number of sulfone groups is 1. The van der Waals surface area contributed by atoms with Gasteiger partial charge in [0.05, 0.1) is 10.6 Å². The van der Waals surface area contributed by atoms with Gasteiger partial charge in [-0.2, -0.15) is 0 Å². The molecule has 0 fully saturated rings. The molecule has 0 spiro atoms. The molecule has 0 aliphatic carbocycles. The van der Waals surface area contributed by atoms with E-state index in [1.165, 1.54) is 13.1 Å². The summed E-state index contributed by atoms with van der Waals surface area (Å²) in [6.07, 6.45) is 0. The fourth-order valence-corrected chi connectivity index (χ4v) is 4.39. The summed E-state index contributed by atoms with van der Waals surface area (Å²) >= 11 is 0. The topological polar surface area (TPSA) is 84.5 Å². The maximum Gasteiger partial charge on any atom is 0.265 e. The third kappa shape index (κ3) is 3.23. The van der Waals surface area contributed by atoms with Gasteiger partial charge in [-0.05, 0) is 18.2 Å². The zero-order valence-electron chi connectivity index (χ0n) is 13.7. The Balaban J connectivity index is 1.82. The molecule has 1 aliphatic rings. The van der Waals surface area contributed by atoms with Gasteiger partial charge >= 0.3 is 0 Å². The maximum absolute atomic E-state index is 12.7. The first kappa shape index (κ1) is 17.0. The quantitative estimate of drug-likeness (QED) is 0.766. The molecule has 0 radical (unpaired) electrons.